The first kappa shape index (κ1) is 48.1. The number of aliphatic imine (C=N–C) groups is 1. The molecule has 2 aromatic rings. The minimum atomic E-state index is -0.800. The van der Waals surface area contributed by atoms with Gasteiger partial charge in [-0.1, -0.05) is 80.9 Å². The van der Waals surface area contributed by atoms with Crippen LogP contribution in [0.2, 0.25) is 0 Å². The molecule has 2 aliphatic rings. The Kier molecular flexibility index (Phi) is 19.4. The molecule has 0 radical (unpaired) electrons. The predicted molar refractivity (Wildman–Crippen MR) is 232 cm³/mol. The number of fused-ring (bicyclic) bond motifs is 1. The van der Waals surface area contributed by atoms with E-state index in [1.807, 2.05) is 27.8 Å². The molecular weight excluding hydrogens is 727 g/mol. The summed E-state index contributed by atoms with van der Waals surface area (Å²) < 4.78 is 37.2. The fourth-order valence-electron chi connectivity index (χ4n) is 6.96. The van der Waals surface area contributed by atoms with Gasteiger partial charge in [0.25, 0.3) is 0 Å². The summed E-state index contributed by atoms with van der Waals surface area (Å²) in [4.78, 5) is 19.5. The van der Waals surface area contributed by atoms with Crippen molar-refractivity contribution in [3.8, 4) is 6.07 Å². The SMILES string of the molecule is C=C(/N=C1/C(F)=C(c2ccc(F)c3sc(C(C)C)c(C#N)c23)C(O)=C/C1=C(/C)N(C)C(CCC(C)CC)C(C)C)OC.C=CC(C)=O.CCC1CCN(CC)C1. The van der Waals surface area contributed by atoms with E-state index in [0.29, 0.717) is 22.3 Å². The molecule has 4 rings (SSSR count). The Bertz CT molecular complexity index is 1850. The number of ketones is 1. The van der Waals surface area contributed by atoms with Crippen molar-refractivity contribution in [2.45, 2.75) is 113 Å². The highest BCUT2D eigenvalue weighted by Crippen LogP contribution is 2.45. The molecule has 1 aliphatic carbocycles. The van der Waals surface area contributed by atoms with Crippen LogP contribution in [0.4, 0.5) is 8.78 Å². The van der Waals surface area contributed by atoms with Crippen LogP contribution >= 0.6 is 11.3 Å². The lowest BCUT2D eigenvalue weighted by atomic mass is 9.87. The zero-order chi connectivity index (χ0) is 42.4. The molecule has 1 fully saturated rings. The Morgan fingerprint density at radius 2 is 1.82 bits per heavy atom. The highest BCUT2D eigenvalue weighted by Gasteiger charge is 2.33. The second kappa shape index (κ2) is 22.6. The minimum Gasteiger partial charge on any atom is -0.507 e. The standard InChI is InChI=1S/C34H43F2N3O2S.C8H17N.C4H6O/c1-11-20(6)12-15-27(18(2)3)39(9)21(7)24-16-28(40)30(31(36)32(24)38-22(8)41-10)23-13-14-26(35)34-29(23)25(17-37)33(42-34)19(4)5;1-3-8-5-6-9(4-2)7-8;1-3-4(2)5/h13-14,16,18-20,27,40H,8,11-12,15H2,1-7,9-10H3;8H,3-7H2,1-2H3;3H,1H2,2H3/b24-21+,38-32+;;. The first-order valence-corrected chi connectivity index (χ1v) is 20.8. The number of benzene rings is 1. The van der Waals surface area contributed by atoms with Crippen LogP contribution in [0.5, 0.6) is 0 Å². The number of nitrogens with zero attached hydrogens (tertiary/aromatic N) is 4. The van der Waals surface area contributed by atoms with E-state index in [1.54, 1.807) is 0 Å². The van der Waals surface area contributed by atoms with Gasteiger partial charge in [0.05, 0.1) is 22.9 Å². The lowest BCUT2D eigenvalue weighted by Gasteiger charge is -2.36. The molecule has 0 spiro atoms. The monoisotopic (exact) mass is 792 g/mol. The summed E-state index contributed by atoms with van der Waals surface area (Å²) in [5.41, 5.74) is 1.45. The second-order valence-corrected chi connectivity index (χ2v) is 16.5. The van der Waals surface area contributed by atoms with E-state index in [4.69, 9.17) is 4.74 Å². The number of likely N-dealkylation sites (tertiary alicyclic amines) is 1. The van der Waals surface area contributed by atoms with E-state index in [-0.39, 0.29) is 61.9 Å². The third kappa shape index (κ3) is 12.2. The smallest absolute Gasteiger partial charge is 0.206 e. The third-order valence-electron chi connectivity index (χ3n) is 10.9. The van der Waals surface area contributed by atoms with Gasteiger partial charge in [0.2, 0.25) is 5.88 Å². The molecule has 56 heavy (non-hydrogen) atoms. The molecule has 0 amide bonds. The van der Waals surface area contributed by atoms with Crippen molar-refractivity contribution < 1.29 is 23.4 Å². The minimum absolute atomic E-state index is 0.000910. The van der Waals surface area contributed by atoms with E-state index in [0.717, 1.165) is 30.9 Å². The Balaban J connectivity index is 0.000000648. The molecule has 1 saturated heterocycles. The van der Waals surface area contributed by atoms with Crippen LogP contribution in [0, 0.1) is 34.9 Å². The van der Waals surface area contributed by atoms with E-state index in [1.165, 1.54) is 82.1 Å². The van der Waals surface area contributed by atoms with Crippen molar-refractivity contribution in [1.29, 1.82) is 5.26 Å². The summed E-state index contributed by atoms with van der Waals surface area (Å²) in [5, 5.41) is 21.7. The number of rotatable bonds is 14. The lowest BCUT2D eigenvalue weighted by Crippen LogP contribution is -2.36. The van der Waals surface area contributed by atoms with E-state index in [9.17, 15) is 19.6 Å². The van der Waals surface area contributed by atoms with Crippen molar-refractivity contribution in [3.63, 3.8) is 0 Å². The fraction of sp³-hybridized carbons (Fsp3) is 0.543. The number of methoxy groups -OCH3 is 1. The quantitative estimate of drug-likeness (QED) is 0.151. The molecule has 308 valence electrons. The summed E-state index contributed by atoms with van der Waals surface area (Å²) in [7, 11) is 3.38. The topological polar surface area (TPSA) is 89.2 Å². The number of ether oxygens (including phenoxy) is 1. The van der Waals surface area contributed by atoms with Crippen LogP contribution in [-0.4, -0.2) is 66.2 Å². The molecule has 1 N–H and O–H groups in total. The zero-order valence-corrected chi connectivity index (χ0v) is 36.8. The number of nitriles is 1. The molecule has 10 heteroatoms. The van der Waals surface area contributed by atoms with Crippen molar-refractivity contribution in [1.82, 2.24) is 9.80 Å². The molecule has 0 saturated carbocycles. The summed E-state index contributed by atoms with van der Waals surface area (Å²) >= 11 is 1.18. The molecule has 3 atom stereocenters. The Hall–Kier alpha value is -4.07. The van der Waals surface area contributed by atoms with Gasteiger partial charge in [-0.2, -0.15) is 5.26 Å². The number of carbonyl (C=O) groups excluding carboxylic acids is 1. The van der Waals surface area contributed by atoms with Gasteiger partial charge in [-0.15, -0.1) is 11.3 Å². The maximum Gasteiger partial charge on any atom is 0.206 e. The molecule has 1 aromatic heterocycles. The highest BCUT2D eigenvalue weighted by molar-refractivity contribution is 7.19. The summed E-state index contributed by atoms with van der Waals surface area (Å²) in [5.74, 6) is 0.274. The number of halogens is 2. The van der Waals surface area contributed by atoms with Gasteiger partial charge in [-0.3, -0.25) is 4.79 Å². The van der Waals surface area contributed by atoms with Crippen LogP contribution in [0.1, 0.15) is 123 Å². The number of carbonyl (C=O) groups is 1. The molecule has 7 nitrogen and oxygen atoms in total. The van der Waals surface area contributed by atoms with Crippen LogP contribution in [0.25, 0.3) is 15.7 Å². The molecule has 2 heterocycles. The van der Waals surface area contributed by atoms with Crippen molar-refractivity contribution in [3.05, 3.63) is 88.0 Å². The van der Waals surface area contributed by atoms with Crippen LogP contribution in [-0.2, 0) is 9.53 Å². The molecule has 1 aromatic carbocycles. The maximum absolute atomic E-state index is 16.7. The number of aliphatic hydroxyl groups excluding tert-OH is 1. The van der Waals surface area contributed by atoms with E-state index < -0.39 is 11.6 Å². The number of aliphatic hydroxyl groups is 1. The maximum atomic E-state index is 16.7. The van der Waals surface area contributed by atoms with E-state index >= 15 is 4.39 Å². The van der Waals surface area contributed by atoms with Crippen molar-refractivity contribution in [2.24, 2.45) is 22.7 Å². The summed E-state index contributed by atoms with van der Waals surface area (Å²) in [6, 6.07) is 5.03. The molecule has 3 unspecified atom stereocenters. The number of hydrogen-bond acceptors (Lipinski definition) is 8. The van der Waals surface area contributed by atoms with Crippen LogP contribution < -0.4 is 0 Å². The van der Waals surface area contributed by atoms with Gasteiger partial charge in [-0.25, -0.2) is 13.8 Å². The third-order valence-corrected chi connectivity index (χ3v) is 12.4. The van der Waals surface area contributed by atoms with Crippen molar-refractivity contribution >= 4 is 38.5 Å². The second-order valence-electron chi connectivity index (χ2n) is 15.5. The first-order chi connectivity index (χ1) is 26.4. The van der Waals surface area contributed by atoms with Gasteiger partial charge >= 0.3 is 0 Å². The van der Waals surface area contributed by atoms with Crippen LogP contribution in [0.3, 0.4) is 0 Å². The van der Waals surface area contributed by atoms with Gasteiger partial charge in [-0.05, 0) is 100 Å². The average molecular weight is 793 g/mol. The summed E-state index contributed by atoms with van der Waals surface area (Å²) in [6.45, 7) is 31.4. The van der Waals surface area contributed by atoms with Gasteiger partial charge in [0.1, 0.15) is 23.4 Å². The summed E-state index contributed by atoms with van der Waals surface area (Å²) in [6.07, 6.45) is 8.71. The Morgan fingerprint density at radius 3 is 2.29 bits per heavy atom. The molecular formula is C46H66F2N4O3S. The zero-order valence-electron chi connectivity index (χ0n) is 36.0. The van der Waals surface area contributed by atoms with Gasteiger partial charge < -0.3 is 19.6 Å². The number of allylic oxidation sites excluding steroid dienone is 6. The van der Waals surface area contributed by atoms with Gasteiger partial charge in [0, 0.05) is 41.2 Å². The normalized spacial score (nSPS) is 18.4. The Morgan fingerprint density at radius 1 is 1.18 bits per heavy atom. The predicted octanol–water partition coefficient (Wildman–Crippen LogP) is 12.3. The molecule has 1 aliphatic heterocycles. The van der Waals surface area contributed by atoms with Crippen LogP contribution in [0.15, 0.2) is 71.2 Å². The largest absolute Gasteiger partial charge is 0.507 e. The van der Waals surface area contributed by atoms with E-state index in [2.05, 4.69) is 75.6 Å². The number of hydrogen-bond donors (Lipinski definition) is 1. The highest BCUT2D eigenvalue weighted by atomic mass is 32.1. The van der Waals surface area contributed by atoms with Crippen molar-refractivity contribution in [2.75, 3.05) is 33.8 Å². The number of thiophene rings is 1. The first-order valence-electron chi connectivity index (χ1n) is 20.0. The van der Waals surface area contributed by atoms with Gasteiger partial charge in [0.15, 0.2) is 11.6 Å². The average Bonchev–Trinajstić information content (AvgIpc) is 3.82. The fourth-order valence-corrected chi connectivity index (χ4v) is 8.14. The lowest BCUT2D eigenvalue weighted by molar-refractivity contribution is -0.112. The Labute approximate surface area is 339 Å². The molecule has 0 bridgehead atoms.